The molecule has 34 heavy (non-hydrogen) atoms. The quantitative estimate of drug-likeness (QED) is 0.206. The summed E-state index contributed by atoms with van der Waals surface area (Å²) in [5.74, 6) is 0.904. The third-order valence-corrected chi connectivity index (χ3v) is 6.66. The highest BCUT2D eigenvalue weighted by molar-refractivity contribution is 14.1. The number of anilines is 3. The van der Waals surface area contributed by atoms with Crippen LogP contribution in [0.2, 0.25) is 0 Å². The predicted octanol–water partition coefficient (Wildman–Crippen LogP) is 5.28. The molecule has 9 heteroatoms. The second-order valence-corrected chi connectivity index (χ2v) is 9.90. The average Bonchev–Trinajstić information content (AvgIpc) is 3.26. The van der Waals surface area contributed by atoms with E-state index >= 15 is 0 Å². The number of nitrogens with one attached hydrogen (secondary N) is 2. The summed E-state index contributed by atoms with van der Waals surface area (Å²) in [6, 6.07) is 25.9. The van der Waals surface area contributed by atoms with Gasteiger partial charge in [-0.15, -0.1) is 10.2 Å². The number of nitrogens with zero attached hydrogens (tertiary/aromatic N) is 4. The van der Waals surface area contributed by atoms with E-state index in [0.29, 0.717) is 11.7 Å². The summed E-state index contributed by atoms with van der Waals surface area (Å²) < 4.78 is 3.17. The number of hydrogen-bond donors (Lipinski definition) is 2. The Morgan fingerprint density at radius 1 is 0.941 bits per heavy atom. The zero-order valence-corrected chi connectivity index (χ0v) is 21.9. The van der Waals surface area contributed by atoms with Gasteiger partial charge in [-0.3, -0.25) is 9.36 Å². The van der Waals surface area contributed by atoms with Crippen LogP contribution in [-0.2, 0) is 11.3 Å². The third kappa shape index (κ3) is 6.29. The second-order valence-electron chi connectivity index (χ2n) is 7.71. The fourth-order valence-electron chi connectivity index (χ4n) is 3.26. The third-order valence-electron chi connectivity index (χ3n) is 5.01. The Labute approximate surface area is 217 Å². The molecule has 4 rings (SSSR count). The zero-order valence-electron chi connectivity index (χ0n) is 18.9. The fourth-order valence-corrected chi connectivity index (χ4v) is 4.39. The second kappa shape index (κ2) is 11.4. The van der Waals surface area contributed by atoms with Gasteiger partial charge < -0.3 is 15.5 Å². The van der Waals surface area contributed by atoms with Crippen LogP contribution in [0.3, 0.4) is 0 Å². The smallest absolute Gasteiger partial charge is 0.234 e. The standard InChI is InChI=1S/C25H25IN6OS/c1-31(2)21-14-12-20(13-15-21)28-24(33)17-34-25-30-29-23(32(25)22-6-4-3-5-7-22)16-27-19-10-8-18(26)9-11-19/h3-15,27H,16-17H2,1-2H3,(H,28,33). The van der Waals surface area contributed by atoms with Gasteiger partial charge in [0, 0.05) is 40.4 Å². The van der Waals surface area contributed by atoms with Crippen molar-refractivity contribution in [2.75, 3.05) is 35.4 Å². The Morgan fingerprint density at radius 3 is 2.29 bits per heavy atom. The van der Waals surface area contributed by atoms with E-state index in [0.717, 1.165) is 28.6 Å². The van der Waals surface area contributed by atoms with Gasteiger partial charge in [0.2, 0.25) is 5.91 Å². The van der Waals surface area contributed by atoms with Crippen LogP contribution in [-0.4, -0.2) is 40.5 Å². The van der Waals surface area contributed by atoms with E-state index in [4.69, 9.17) is 0 Å². The van der Waals surface area contributed by atoms with E-state index in [1.54, 1.807) is 0 Å². The summed E-state index contributed by atoms with van der Waals surface area (Å²) in [7, 11) is 3.97. The van der Waals surface area contributed by atoms with E-state index in [1.807, 2.05) is 90.3 Å². The normalized spacial score (nSPS) is 10.7. The number of carbonyl (C=O) groups excluding carboxylic acids is 1. The molecule has 0 saturated heterocycles. The van der Waals surface area contributed by atoms with Gasteiger partial charge in [-0.1, -0.05) is 30.0 Å². The topological polar surface area (TPSA) is 75.1 Å². The van der Waals surface area contributed by atoms with Crippen molar-refractivity contribution in [2.24, 2.45) is 0 Å². The molecule has 3 aromatic carbocycles. The molecule has 0 saturated carbocycles. The van der Waals surface area contributed by atoms with E-state index in [2.05, 4.69) is 55.6 Å². The molecule has 0 atom stereocenters. The lowest BCUT2D eigenvalue weighted by Crippen LogP contribution is -2.15. The maximum atomic E-state index is 12.6. The molecule has 0 radical (unpaired) electrons. The molecule has 0 aliphatic carbocycles. The first-order valence-corrected chi connectivity index (χ1v) is 12.8. The van der Waals surface area contributed by atoms with Crippen LogP contribution in [0.15, 0.2) is 84.0 Å². The van der Waals surface area contributed by atoms with Crippen molar-refractivity contribution in [1.82, 2.24) is 14.8 Å². The number of rotatable bonds is 9. The van der Waals surface area contributed by atoms with Crippen molar-refractivity contribution in [3.63, 3.8) is 0 Å². The molecule has 1 amide bonds. The van der Waals surface area contributed by atoms with Crippen molar-refractivity contribution < 1.29 is 4.79 Å². The van der Waals surface area contributed by atoms with E-state index in [-0.39, 0.29) is 11.7 Å². The minimum atomic E-state index is -0.0937. The van der Waals surface area contributed by atoms with Gasteiger partial charge in [0.15, 0.2) is 11.0 Å². The van der Waals surface area contributed by atoms with Gasteiger partial charge in [-0.2, -0.15) is 0 Å². The maximum absolute atomic E-state index is 12.6. The Kier molecular flexibility index (Phi) is 8.07. The van der Waals surface area contributed by atoms with Gasteiger partial charge in [0.05, 0.1) is 12.3 Å². The van der Waals surface area contributed by atoms with Crippen LogP contribution < -0.4 is 15.5 Å². The molecule has 0 aliphatic heterocycles. The number of para-hydroxylation sites is 1. The monoisotopic (exact) mass is 584 g/mol. The van der Waals surface area contributed by atoms with Gasteiger partial charge in [-0.05, 0) is 83.3 Å². The number of aromatic nitrogens is 3. The first-order chi connectivity index (χ1) is 16.5. The molecular weight excluding hydrogens is 559 g/mol. The van der Waals surface area contributed by atoms with Crippen LogP contribution >= 0.6 is 34.4 Å². The maximum Gasteiger partial charge on any atom is 0.234 e. The predicted molar refractivity (Wildman–Crippen MR) is 148 cm³/mol. The van der Waals surface area contributed by atoms with Gasteiger partial charge in [0.1, 0.15) is 0 Å². The van der Waals surface area contributed by atoms with E-state index < -0.39 is 0 Å². The minimum absolute atomic E-state index is 0.0937. The van der Waals surface area contributed by atoms with Gasteiger partial charge >= 0.3 is 0 Å². The number of carbonyl (C=O) groups is 1. The molecule has 2 N–H and O–H groups in total. The summed E-state index contributed by atoms with van der Waals surface area (Å²) in [6.07, 6.45) is 0. The molecule has 1 heterocycles. The van der Waals surface area contributed by atoms with Crippen molar-refractivity contribution in [3.05, 3.63) is 88.3 Å². The summed E-state index contributed by atoms with van der Waals surface area (Å²) in [6.45, 7) is 0.507. The van der Waals surface area contributed by atoms with Crippen molar-refractivity contribution in [3.8, 4) is 5.69 Å². The van der Waals surface area contributed by atoms with Crippen LogP contribution in [0.4, 0.5) is 17.1 Å². The van der Waals surface area contributed by atoms with Gasteiger partial charge in [0.25, 0.3) is 0 Å². The summed E-state index contributed by atoms with van der Waals surface area (Å²) in [5.41, 5.74) is 3.81. The highest BCUT2D eigenvalue weighted by atomic mass is 127. The lowest BCUT2D eigenvalue weighted by molar-refractivity contribution is -0.113. The van der Waals surface area contributed by atoms with E-state index in [1.165, 1.54) is 15.3 Å². The summed E-state index contributed by atoms with van der Waals surface area (Å²) in [4.78, 5) is 14.6. The molecule has 0 aliphatic rings. The van der Waals surface area contributed by atoms with Crippen LogP contribution in [0.1, 0.15) is 5.82 Å². The minimum Gasteiger partial charge on any atom is -0.378 e. The SMILES string of the molecule is CN(C)c1ccc(NC(=O)CSc2nnc(CNc3ccc(I)cc3)n2-c2ccccc2)cc1. The van der Waals surface area contributed by atoms with Crippen molar-refractivity contribution in [2.45, 2.75) is 11.7 Å². The lowest BCUT2D eigenvalue weighted by Gasteiger charge is -2.13. The lowest BCUT2D eigenvalue weighted by atomic mass is 10.2. The number of benzene rings is 3. The number of amides is 1. The van der Waals surface area contributed by atoms with Gasteiger partial charge in [-0.25, -0.2) is 0 Å². The summed E-state index contributed by atoms with van der Waals surface area (Å²) in [5, 5.41) is 15.8. The Hall–Kier alpha value is -3.05. The number of thioether (sulfide) groups is 1. The molecular formula is C25H25IN6OS. The highest BCUT2D eigenvalue weighted by Crippen LogP contribution is 2.23. The molecule has 0 unspecified atom stereocenters. The van der Waals surface area contributed by atoms with Crippen LogP contribution in [0.25, 0.3) is 5.69 Å². The first-order valence-electron chi connectivity index (χ1n) is 10.7. The van der Waals surface area contributed by atoms with E-state index in [9.17, 15) is 4.79 Å². The van der Waals surface area contributed by atoms with Crippen molar-refractivity contribution in [1.29, 1.82) is 0 Å². The molecule has 1 aromatic heterocycles. The molecule has 0 fully saturated rings. The summed E-state index contributed by atoms with van der Waals surface area (Å²) >= 11 is 3.65. The number of halogens is 1. The Bertz CT molecular complexity index is 1230. The number of hydrogen-bond acceptors (Lipinski definition) is 6. The molecule has 4 aromatic rings. The van der Waals surface area contributed by atoms with Crippen LogP contribution in [0, 0.1) is 3.57 Å². The molecule has 7 nitrogen and oxygen atoms in total. The Morgan fingerprint density at radius 2 is 1.62 bits per heavy atom. The van der Waals surface area contributed by atoms with Crippen molar-refractivity contribution >= 4 is 57.3 Å². The molecule has 0 bridgehead atoms. The fraction of sp³-hybridized carbons (Fsp3) is 0.160. The zero-order chi connectivity index (χ0) is 23.9. The largest absolute Gasteiger partial charge is 0.378 e. The van der Waals surface area contributed by atoms with Crippen LogP contribution in [0.5, 0.6) is 0 Å². The molecule has 0 spiro atoms. The Balaban J connectivity index is 1.45. The average molecular weight is 584 g/mol. The first kappa shape index (κ1) is 24.1. The molecule has 174 valence electrons. The highest BCUT2D eigenvalue weighted by Gasteiger charge is 2.16.